The van der Waals surface area contributed by atoms with Crippen LogP contribution in [0.5, 0.6) is 5.75 Å². The Morgan fingerprint density at radius 1 is 1.35 bits per heavy atom. The molecular formula is C12H16N2O5S. The lowest BCUT2D eigenvalue weighted by Gasteiger charge is -2.10. The predicted molar refractivity (Wildman–Crippen MR) is 75.6 cm³/mol. The minimum atomic E-state index is -1.28. The molecule has 1 unspecified atom stereocenters. The third-order valence-electron chi connectivity index (χ3n) is 2.41. The van der Waals surface area contributed by atoms with E-state index in [9.17, 15) is 18.9 Å². The first-order valence-electron chi connectivity index (χ1n) is 5.82. The molecule has 7 nitrogen and oxygen atoms in total. The Morgan fingerprint density at radius 2 is 2.05 bits per heavy atom. The van der Waals surface area contributed by atoms with Crippen LogP contribution in [0.25, 0.3) is 0 Å². The van der Waals surface area contributed by atoms with Gasteiger partial charge in [-0.15, -0.1) is 0 Å². The van der Waals surface area contributed by atoms with Crippen molar-refractivity contribution >= 4 is 28.5 Å². The van der Waals surface area contributed by atoms with E-state index >= 15 is 0 Å². The molecule has 0 radical (unpaired) electrons. The lowest BCUT2D eigenvalue weighted by Crippen LogP contribution is -2.30. The largest absolute Gasteiger partial charge is 0.505 e. The number of amides is 2. The Morgan fingerprint density at radius 3 is 2.65 bits per heavy atom. The van der Waals surface area contributed by atoms with Crippen LogP contribution < -0.4 is 10.6 Å². The molecule has 0 aliphatic rings. The van der Waals surface area contributed by atoms with Gasteiger partial charge in [0.1, 0.15) is 5.56 Å². The third-order valence-corrected chi connectivity index (χ3v) is 3.27. The molecule has 1 atom stereocenters. The number of nitrogens with one attached hydrogen (secondary N) is 2. The molecule has 0 bridgehead atoms. The highest BCUT2D eigenvalue weighted by molar-refractivity contribution is 7.84. The van der Waals surface area contributed by atoms with Gasteiger partial charge in [0.2, 0.25) is 0 Å². The number of anilines is 1. The highest BCUT2D eigenvalue weighted by Crippen LogP contribution is 2.27. The van der Waals surface area contributed by atoms with Gasteiger partial charge in [0, 0.05) is 29.4 Å². The molecule has 1 rings (SSSR count). The number of carboxylic acid groups (broad SMARTS) is 1. The molecule has 0 spiro atoms. The van der Waals surface area contributed by atoms with Crippen molar-refractivity contribution < 1.29 is 24.0 Å². The number of aromatic hydroxyl groups is 1. The zero-order chi connectivity index (χ0) is 15.1. The first-order valence-corrected chi connectivity index (χ1v) is 7.54. The SMILES string of the molecule is CS(=O)CCCNC(=O)Nc1cccc(C(=O)O)c1O. The number of aromatic carboxylic acids is 1. The van der Waals surface area contributed by atoms with Gasteiger partial charge >= 0.3 is 12.0 Å². The van der Waals surface area contributed by atoms with Crippen LogP contribution >= 0.6 is 0 Å². The van der Waals surface area contributed by atoms with Crippen LogP contribution in [0.4, 0.5) is 10.5 Å². The van der Waals surface area contributed by atoms with Crippen LogP contribution in [0.1, 0.15) is 16.8 Å². The van der Waals surface area contributed by atoms with Crippen LogP contribution in [-0.2, 0) is 10.8 Å². The third kappa shape index (κ3) is 4.88. The zero-order valence-corrected chi connectivity index (χ0v) is 11.7. The van der Waals surface area contributed by atoms with Crippen LogP contribution in [0, 0.1) is 0 Å². The number of hydrogen-bond donors (Lipinski definition) is 4. The van der Waals surface area contributed by atoms with Crippen LogP contribution in [0.15, 0.2) is 18.2 Å². The Bertz CT molecular complexity index is 533. The molecule has 8 heteroatoms. The average molecular weight is 300 g/mol. The van der Waals surface area contributed by atoms with Crippen molar-refractivity contribution in [2.45, 2.75) is 6.42 Å². The van der Waals surface area contributed by atoms with E-state index in [0.29, 0.717) is 18.7 Å². The second-order valence-electron chi connectivity index (χ2n) is 4.02. The standard InChI is InChI=1S/C12H16N2O5S/c1-20(19)7-3-6-13-12(18)14-9-5-2-4-8(10(9)15)11(16)17/h2,4-5,15H,3,6-7H2,1H3,(H,16,17)(H2,13,14,18). The fraction of sp³-hybridized carbons (Fsp3) is 0.333. The molecule has 0 fully saturated rings. The van der Waals surface area contributed by atoms with Crippen molar-refractivity contribution in [2.75, 3.05) is 23.9 Å². The number of rotatable bonds is 6. The molecule has 1 aromatic carbocycles. The lowest BCUT2D eigenvalue weighted by atomic mass is 10.2. The van der Waals surface area contributed by atoms with Crippen molar-refractivity contribution in [1.82, 2.24) is 5.32 Å². The highest BCUT2D eigenvalue weighted by Gasteiger charge is 2.14. The Kier molecular flexibility index (Phi) is 5.98. The maximum atomic E-state index is 11.5. The molecule has 1 aromatic rings. The van der Waals surface area contributed by atoms with E-state index in [4.69, 9.17) is 5.11 Å². The first kappa shape index (κ1) is 16.0. The number of benzene rings is 1. The van der Waals surface area contributed by atoms with Gasteiger partial charge in [-0.25, -0.2) is 9.59 Å². The maximum absolute atomic E-state index is 11.5. The molecule has 0 aromatic heterocycles. The van der Waals surface area contributed by atoms with Gasteiger partial charge in [-0.3, -0.25) is 4.21 Å². The average Bonchev–Trinajstić information content (AvgIpc) is 2.36. The summed E-state index contributed by atoms with van der Waals surface area (Å²) in [6.07, 6.45) is 2.15. The molecule has 110 valence electrons. The summed E-state index contributed by atoms with van der Waals surface area (Å²) in [7, 11) is -0.907. The monoisotopic (exact) mass is 300 g/mol. The van der Waals surface area contributed by atoms with E-state index in [0.717, 1.165) is 0 Å². The van der Waals surface area contributed by atoms with Gasteiger partial charge in [-0.2, -0.15) is 0 Å². The predicted octanol–water partition coefficient (Wildman–Crippen LogP) is 0.980. The fourth-order valence-electron chi connectivity index (χ4n) is 1.46. The smallest absolute Gasteiger partial charge is 0.339 e. The minimum Gasteiger partial charge on any atom is -0.505 e. The summed E-state index contributed by atoms with van der Waals surface area (Å²) < 4.78 is 10.8. The molecule has 0 aliphatic heterocycles. The van der Waals surface area contributed by atoms with Crippen molar-refractivity contribution in [1.29, 1.82) is 0 Å². The van der Waals surface area contributed by atoms with Gasteiger partial charge in [-0.1, -0.05) is 6.07 Å². The summed E-state index contributed by atoms with van der Waals surface area (Å²) in [4.78, 5) is 22.4. The normalized spacial score (nSPS) is 11.7. The minimum absolute atomic E-state index is 0.0152. The van der Waals surface area contributed by atoms with Crippen LogP contribution in [-0.4, -0.2) is 45.0 Å². The summed E-state index contributed by atoms with van der Waals surface area (Å²) in [5.41, 5.74) is -0.273. The fourth-order valence-corrected chi connectivity index (χ4v) is 2.01. The molecule has 0 saturated heterocycles. The Hall–Kier alpha value is -2.09. The molecule has 4 N–H and O–H groups in total. The summed E-state index contributed by atoms with van der Waals surface area (Å²) in [6, 6.07) is 3.48. The number of hydrogen-bond acceptors (Lipinski definition) is 4. The second-order valence-corrected chi connectivity index (χ2v) is 5.57. The molecule has 20 heavy (non-hydrogen) atoms. The molecule has 0 saturated carbocycles. The summed E-state index contributed by atoms with van der Waals surface area (Å²) >= 11 is 0. The van der Waals surface area contributed by atoms with Gasteiger partial charge in [-0.05, 0) is 18.6 Å². The second kappa shape index (κ2) is 7.49. The molecule has 0 aliphatic carbocycles. The van der Waals surface area contributed by atoms with Crippen molar-refractivity contribution in [2.24, 2.45) is 0 Å². The molecule has 2 amide bonds. The zero-order valence-electron chi connectivity index (χ0n) is 10.9. The quantitative estimate of drug-likeness (QED) is 0.461. The number of para-hydroxylation sites is 1. The van der Waals surface area contributed by atoms with Crippen molar-refractivity contribution in [3.05, 3.63) is 23.8 Å². The summed E-state index contributed by atoms with van der Waals surface area (Å²) in [5, 5.41) is 23.4. The number of carbonyl (C=O) groups excluding carboxylic acids is 1. The summed E-state index contributed by atoms with van der Waals surface area (Å²) in [5.74, 6) is -1.29. The van der Waals surface area contributed by atoms with Gasteiger partial charge < -0.3 is 20.8 Å². The lowest BCUT2D eigenvalue weighted by molar-refractivity contribution is 0.0693. The van der Waals surface area contributed by atoms with Gasteiger partial charge in [0.15, 0.2) is 5.75 Å². The van der Waals surface area contributed by atoms with E-state index in [1.165, 1.54) is 18.2 Å². The number of carbonyl (C=O) groups is 2. The van der Waals surface area contributed by atoms with Crippen molar-refractivity contribution in [3.63, 3.8) is 0 Å². The van der Waals surface area contributed by atoms with E-state index in [1.54, 1.807) is 6.26 Å². The van der Waals surface area contributed by atoms with E-state index in [-0.39, 0.29) is 11.3 Å². The number of carboxylic acids is 1. The Labute approximate surface area is 118 Å². The van der Waals surface area contributed by atoms with E-state index in [2.05, 4.69) is 10.6 Å². The first-order chi connectivity index (χ1) is 9.41. The Balaban J connectivity index is 2.56. The summed E-state index contributed by atoms with van der Waals surface area (Å²) in [6.45, 7) is 0.338. The number of phenols is 1. The maximum Gasteiger partial charge on any atom is 0.339 e. The van der Waals surface area contributed by atoms with E-state index < -0.39 is 28.5 Å². The highest BCUT2D eigenvalue weighted by atomic mass is 32.2. The molecule has 0 heterocycles. The van der Waals surface area contributed by atoms with E-state index in [1.807, 2.05) is 0 Å². The number of urea groups is 1. The van der Waals surface area contributed by atoms with Crippen LogP contribution in [0.2, 0.25) is 0 Å². The van der Waals surface area contributed by atoms with Crippen LogP contribution in [0.3, 0.4) is 0 Å². The molecular weight excluding hydrogens is 284 g/mol. The van der Waals surface area contributed by atoms with Gasteiger partial charge in [0.25, 0.3) is 0 Å². The van der Waals surface area contributed by atoms with Gasteiger partial charge in [0.05, 0.1) is 5.69 Å². The van der Waals surface area contributed by atoms with Crippen molar-refractivity contribution in [3.8, 4) is 5.75 Å². The topological polar surface area (TPSA) is 116 Å².